The molecule has 0 saturated heterocycles. The second-order valence-electron chi connectivity index (χ2n) is 4.16. The number of thioether (sulfide) groups is 1. The van der Waals surface area contributed by atoms with Gasteiger partial charge < -0.3 is 15.0 Å². The van der Waals surface area contributed by atoms with Crippen LogP contribution in [-0.4, -0.2) is 26.3 Å². The summed E-state index contributed by atoms with van der Waals surface area (Å²) in [4.78, 5) is 23.6. The molecule has 0 aromatic carbocycles. The number of hydrogen-bond donors (Lipinski definition) is 2. The zero-order chi connectivity index (χ0) is 11.5. The van der Waals surface area contributed by atoms with Crippen LogP contribution in [-0.2, 0) is 11.8 Å². The number of nitrogens with one attached hydrogen (secondary N) is 1. The number of carbonyl (C=O) groups is 2. The van der Waals surface area contributed by atoms with Gasteiger partial charge in [0.05, 0.1) is 9.64 Å². The Balaban J connectivity index is 2.09. The zero-order valence-electron chi connectivity index (χ0n) is 8.61. The minimum absolute atomic E-state index is 0.00291. The highest BCUT2D eigenvalue weighted by Gasteiger charge is 2.54. The first-order valence-corrected chi connectivity index (χ1v) is 5.79. The molecule has 1 aliphatic carbocycles. The highest BCUT2D eigenvalue weighted by atomic mass is 32.2. The lowest BCUT2D eigenvalue weighted by Gasteiger charge is -2.21. The number of carboxylic acid groups (broad SMARTS) is 1. The van der Waals surface area contributed by atoms with Crippen LogP contribution in [0.3, 0.4) is 0 Å². The van der Waals surface area contributed by atoms with Gasteiger partial charge in [-0.3, -0.25) is 4.79 Å². The Kier molecular flexibility index (Phi) is 1.72. The largest absolute Gasteiger partial charge is 0.477 e. The van der Waals surface area contributed by atoms with Crippen LogP contribution in [0.4, 0.5) is 5.82 Å². The third kappa shape index (κ3) is 1.13. The standard InChI is InChI=1S/C10H10N2O3S/c1-12-5(8(13)14)4-6-7(12)11-9(15)10(16-6)2-3-10/h4H,2-3H2,1H3,(H,11,15)(H,13,14). The molecule has 1 aromatic heterocycles. The van der Waals surface area contributed by atoms with Gasteiger partial charge in [-0.1, -0.05) is 0 Å². The summed E-state index contributed by atoms with van der Waals surface area (Å²) in [5.41, 5.74) is 0.204. The predicted molar refractivity (Wildman–Crippen MR) is 58.8 cm³/mol. The van der Waals surface area contributed by atoms with Gasteiger partial charge in [-0.25, -0.2) is 4.79 Å². The van der Waals surface area contributed by atoms with E-state index in [9.17, 15) is 9.59 Å². The highest BCUT2D eigenvalue weighted by Crippen LogP contribution is 2.56. The summed E-state index contributed by atoms with van der Waals surface area (Å²) in [5.74, 6) is -0.371. The summed E-state index contributed by atoms with van der Waals surface area (Å²) in [6.45, 7) is 0. The Labute approximate surface area is 95.8 Å². The van der Waals surface area contributed by atoms with Crippen molar-refractivity contribution in [1.29, 1.82) is 0 Å². The maximum absolute atomic E-state index is 11.8. The Morgan fingerprint density at radius 1 is 1.62 bits per heavy atom. The van der Waals surface area contributed by atoms with E-state index in [2.05, 4.69) is 5.32 Å². The molecule has 1 saturated carbocycles. The molecule has 3 rings (SSSR count). The van der Waals surface area contributed by atoms with Crippen molar-refractivity contribution in [3.05, 3.63) is 11.8 Å². The number of anilines is 1. The molecule has 0 bridgehead atoms. The maximum Gasteiger partial charge on any atom is 0.352 e. The first kappa shape index (κ1) is 9.77. The van der Waals surface area contributed by atoms with Crippen molar-refractivity contribution in [2.24, 2.45) is 7.05 Å². The second kappa shape index (κ2) is 2.82. The van der Waals surface area contributed by atoms with E-state index >= 15 is 0 Å². The maximum atomic E-state index is 11.8. The summed E-state index contributed by atoms with van der Waals surface area (Å²) < 4.78 is 1.20. The van der Waals surface area contributed by atoms with Gasteiger partial charge in [-0.2, -0.15) is 0 Å². The van der Waals surface area contributed by atoms with E-state index in [0.717, 1.165) is 17.7 Å². The van der Waals surface area contributed by atoms with Crippen LogP contribution in [0.15, 0.2) is 11.0 Å². The average molecular weight is 238 g/mol. The van der Waals surface area contributed by atoms with Crippen LogP contribution in [0.2, 0.25) is 0 Å². The number of aromatic carboxylic acids is 1. The van der Waals surface area contributed by atoms with Gasteiger partial charge in [0, 0.05) is 7.05 Å². The molecule has 0 unspecified atom stereocenters. The molecule has 6 heteroatoms. The second-order valence-corrected chi connectivity index (χ2v) is 5.58. The Bertz CT molecular complexity index is 516. The van der Waals surface area contributed by atoms with Crippen molar-refractivity contribution in [3.63, 3.8) is 0 Å². The Morgan fingerprint density at radius 3 is 2.88 bits per heavy atom. The van der Waals surface area contributed by atoms with E-state index in [0.29, 0.717) is 5.82 Å². The van der Waals surface area contributed by atoms with Crippen molar-refractivity contribution in [1.82, 2.24) is 4.57 Å². The van der Waals surface area contributed by atoms with E-state index in [4.69, 9.17) is 5.11 Å². The van der Waals surface area contributed by atoms with Crippen molar-refractivity contribution >= 4 is 29.5 Å². The fourth-order valence-corrected chi connectivity index (χ4v) is 3.25. The molecule has 2 N–H and O–H groups in total. The van der Waals surface area contributed by atoms with Gasteiger partial charge in [-0.05, 0) is 18.9 Å². The van der Waals surface area contributed by atoms with Crippen molar-refractivity contribution in [2.45, 2.75) is 22.5 Å². The summed E-state index contributed by atoms with van der Waals surface area (Å²) in [7, 11) is 1.65. The fraction of sp³-hybridized carbons (Fsp3) is 0.400. The molecular formula is C10H10N2O3S. The molecule has 2 aliphatic rings. The van der Waals surface area contributed by atoms with Crippen LogP contribution in [0.1, 0.15) is 23.3 Å². The average Bonchev–Trinajstić information content (AvgIpc) is 2.92. The Hall–Kier alpha value is -1.43. The molecular weight excluding hydrogens is 228 g/mol. The minimum atomic E-state index is -0.975. The molecule has 5 nitrogen and oxygen atoms in total. The lowest BCUT2D eigenvalue weighted by molar-refractivity contribution is -0.116. The molecule has 1 aromatic rings. The summed E-state index contributed by atoms with van der Waals surface area (Å²) in [6, 6.07) is 1.63. The van der Waals surface area contributed by atoms with Gasteiger partial charge in [0.1, 0.15) is 11.5 Å². The molecule has 0 radical (unpaired) electrons. The number of amides is 1. The van der Waals surface area contributed by atoms with E-state index in [1.165, 1.54) is 16.3 Å². The fourth-order valence-electron chi connectivity index (χ4n) is 1.92. The number of carboxylic acids is 1. The summed E-state index contributed by atoms with van der Waals surface area (Å²) >= 11 is 1.49. The van der Waals surface area contributed by atoms with Crippen LogP contribution in [0.5, 0.6) is 0 Å². The van der Waals surface area contributed by atoms with Gasteiger partial charge in [0.15, 0.2) is 0 Å². The third-order valence-electron chi connectivity index (χ3n) is 3.07. The minimum Gasteiger partial charge on any atom is -0.477 e. The summed E-state index contributed by atoms with van der Waals surface area (Å²) in [6.07, 6.45) is 1.75. The normalized spacial score (nSPS) is 20.4. The quantitative estimate of drug-likeness (QED) is 0.773. The number of nitrogens with zero attached hydrogens (tertiary/aromatic N) is 1. The van der Waals surface area contributed by atoms with Gasteiger partial charge in [-0.15, -0.1) is 11.8 Å². The number of fused-ring (bicyclic) bond motifs is 1. The molecule has 1 amide bonds. The van der Waals surface area contributed by atoms with E-state index in [-0.39, 0.29) is 16.3 Å². The predicted octanol–water partition coefficient (Wildman–Crippen LogP) is 1.30. The molecule has 1 fully saturated rings. The van der Waals surface area contributed by atoms with E-state index < -0.39 is 5.97 Å². The van der Waals surface area contributed by atoms with E-state index in [1.807, 2.05) is 0 Å². The molecule has 16 heavy (non-hydrogen) atoms. The molecule has 0 atom stereocenters. The Morgan fingerprint density at radius 2 is 2.31 bits per heavy atom. The van der Waals surface area contributed by atoms with Crippen molar-refractivity contribution in [3.8, 4) is 0 Å². The zero-order valence-corrected chi connectivity index (χ0v) is 9.43. The number of carbonyl (C=O) groups excluding carboxylic acids is 1. The first-order valence-electron chi connectivity index (χ1n) is 4.97. The molecule has 2 heterocycles. The SMILES string of the molecule is Cn1c(C(=O)O)cc2c1NC(=O)C1(CC1)S2. The first-order chi connectivity index (χ1) is 7.53. The molecule has 1 aliphatic heterocycles. The van der Waals surface area contributed by atoms with Crippen LogP contribution in [0, 0.1) is 0 Å². The van der Waals surface area contributed by atoms with Crippen LogP contribution in [0.25, 0.3) is 0 Å². The van der Waals surface area contributed by atoms with E-state index in [1.54, 1.807) is 13.1 Å². The van der Waals surface area contributed by atoms with Gasteiger partial charge in [0.2, 0.25) is 5.91 Å². The lowest BCUT2D eigenvalue weighted by atomic mass is 10.3. The topological polar surface area (TPSA) is 71.3 Å². The number of hydrogen-bond acceptors (Lipinski definition) is 3. The van der Waals surface area contributed by atoms with Crippen LogP contribution >= 0.6 is 11.8 Å². The smallest absolute Gasteiger partial charge is 0.352 e. The van der Waals surface area contributed by atoms with Crippen molar-refractivity contribution < 1.29 is 14.7 Å². The number of aromatic nitrogens is 1. The van der Waals surface area contributed by atoms with Gasteiger partial charge in [0.25, 0.3) is 0 Å². The van der Waals surface area contributed by atoms with Gasteiger partial charge >= 0.3 is 5.97 Å². The third-order valence-corrected chi connectivity index (χ3v) is 4.59. The monoisotopic (exact) mass is 238 g/mol. The van der Waals surface area contributed by atoms with Crippen molar-refractivity contribution in [2.75, 3.05) is 5.32 Å². The van der Waals surface area contributed by atoms with Crippen LogP contribution < -0.4 is 5.32 Å². The highest BCUT2D eigenvalue weighted by molar-refractivity contribution is 8.02. The lowest BCUT2D eigenvalue weighted by Crippen LogP contribution is -2.31. The molecule has 84 valence electrons. The number of rotatable bonds is 1. The summed E-state index contributed by atoms with van der Waals surface area (Å²) in [5, 5.41) is 11.8. The molecule has 1 spiro atoms.